The number of nitrogens with zero attached hydrogens (tertiary/aromatic N) is 2. The van der Waals surface area contributed by atoms with E-state index in [0.29, 0.717) is 0 Å². The maximum atomic E-state index is 10.4. The first-order valence-corrected chi connectivity index (χ1v) is 4.08. The quantitative estimate of drug-likeness (QED) is 0.574. The Morgan fingerprint density at radius 2 is 2.27 bits per heavy atom. The van der Waals surface area contributed by atoms with Crippen LogP contribution in [0.5, 0.6) is 5.75 Å². The largest absolute Gasteiger partial charge is 0.508 e. The molecule has 0 amide bonds. The molecule has 1 aromatic carbocycles. The van der Waals surface area contributed by atoms with E-state index in [1.54, 1.807) is 6.07 Å². The van der Waals surface area contributed by atoms with Gasteiger partial charge in [-0.05, 0) is 6.07 Å². The van der Waals surface area contributed by atoms with Gasteiger partial charge in [0.15, 0.2) is 0 Å². The number of aliphatic hydroxyl groups excluding tert-OH is 1. The smallest absolute Gasteiger partial charge is 0.270 e. The molecule has 1 unspecified atom stereocenters. The van der Waals surface area contributed by atoms with Crippen molar-refractivity contribution in [1.82, 2.24) is 0 Å². The Labute approximate surface area is 85.2 Å². The molecular formula is C9H8N2O4. The number of nitro benzene ring substituents is 1. The predicted octanol–water partition coefficient (Wildman–Crippen LogP) is 1.25. The number of non-ortho nitro benzene ring substituents is 1. The van der Waals surface area contributed by atoms with E-state index < -0.39 is 11.0 Å². The lowest BCUT2D eigenvalue weighted by molar-refractivity contribution is -0.385. The maximum absolute atomic E-state index is 10.4. The molecule has 15 heavy (non-hydrogen) atoms. The zero-order valence-corrected chi connectivity index (χ0v) is 7.62. The van der Waals surface area contributed by atoms with Crippen molar-refractivity contribution in [3.63, 3.8) is 0 Å². The molecule has 6 nitrogen and oxygen atoms in total. The molecule has 1 aromatic rings. The highest BCUT2D eigenvalue weighted by Crippen LogP contribution is 2.29. The molecule has 0 aromatic heterocycles. The van der Waals surface area contributed by atoms with Gasteiger partial charge >= 0.3 is 0 Å². The molecule has 1 rings (SSSR count). The van der Waals surface area contributed by atoms with Crippen molar-refractivity contribution in [3.05, 3.63) is 33.9 Å². The highest BCUT2D eigenvalue weighted by molar-refractivity contribution is 5.44. The predicted molar refractivity (Wildman–Crippen MR) is 50.0 cm³/mol. The molecule has 0 fully saturated rings. The minimum Gasteiger partial charge on any atom is -0.508 e. The lowest BCUT2D eigenvalue weighted by Crippen LogP contribution is -1.98. The first-order chi connectivity index (χ1) is 7.06. The summed E-state index contributed by atoms with van der Waals surface area (Å²) in [5, 5.41) is 37.5. The highest BCUT2D eigenvalue weighted by Gasteiger charge is 2.16. The molecule has 1 atom stereocenters. The molecule has 0 spiro atoms. The second kappa shape index (κ2) is 4.39. The van der Waals surface area contributed by atoms with Crippen molar-refractivity contribution < 1.29 is 15.1 Å². The fourth-order valence-electron chi connectivity index (χ4n) is 1.12. The third-order valence-electron chi connectivity index (χ3n) is 1.87. The van der Waals surface area contributed by atoms with Gasteiger partial charge in [-0.2, -0.15) is 5.26 Å². The highest BCUT2D eigenvalue weighted by atomic mass is 16.6. The molecular weight excluding hydrogens is 200 g/mol. The zero-order valence-electron chi connectivity index (χ0n) is 7.62. The van der Waals surface area contributed by atoms with Crippen molar-refractivity contribution in [3.8, 4) is 11.8 Å². The van der Waals surface area contributed by atoms with Gasteiger partial charge in [0.05, 0.1) is 23.5 Å². The number of nitriles is 1. The van der Waals surface area contributed by atoms with Gasteiger partial charge in [0.25, 0.3) is 5.69 Å². The second-order valence-electron chi connectivity index (χ2n) is 2.88. The summed E-state index contributed by atoms with van der Waals surface area (Å²) in [5.74, 6) is -0.261. The van der Waals surface area contributed by atoms with E-state index in [9.17, 15) is 20.3 Å². The van der Waals surface area contributed by atoms with Gasteiger partial charge in [-0.25, -0.2) is 0 Å². The minimum atomic E-state index is -1.21. The molecule has 2 N–H and O–H groups in total. The van der Waals surface area contributed by atoms with Crippen LogP contribution in [0, 0.1) is 21.4 Å². The third-order valence-corrected chi connectivity index (χ3v) is 1.87. The van der Waals surface area contributed by atoms with E-state index in [1.165, 1.54) is 0 Å². The number of rotatable bonds is 3. The molecule has 78 valence electrons. The number of hydrogen-bond donors (Lipinski definition) is 2. The van der Waals surface area contributed by atoms with Gasteiger partial charge in [-0.3, -0.25) is 10.1 Å². The van der Waals surface area contributed by atoms with Gasteiger partial charge in [0, 0.05) is 17.7 Å². The Morgan fingerprint density at radius 3 is 2.80 bits per heavy atom. The Balaban J connectivity index is 3.11. The van der Waals surface area contributed by atoms with E-state index in [0.717, 1.165) is 18.2 Å². The van der Waals surface area contributed by atoms with Crippen LogP contribution in [0.1, 0.15) is 18.1 Å². The molecule has 0 bridgehead atoms. The van der Waals surface area contributed by atoms with Crippen LogP contribution in [0.2, 0.25) is 0 Å². The summed E-state index contributed by atoms with van der Waals surface area (Å²) in [4.78, 5) is 9.79. The first-order valence-electron chi connectivity index (χ1n) is 4.08. The molecule has 0 aliphatic carbocycles. The molecule has 0 heterocycles. The van der Waals surface area contributed by atoms with E-state index in [-0.39, 0.29) is 23.4 Å². The van der Waals surface area contributed by atoms with E-state index in [4.69, 9.17) is 5.26 Å². The van der Waals surface area contributed by atoms with Crippen LogP contribution in [0.4, 0.5) is 5.69 Å². The lowest BCUT2D eigenvalue weighted by atomic mass is 10.1. The Bertz CT molecular complexity index is 425. The Kier molecular flexibility index (Phi) is 3.21. The van der Waals surface area contributed by atoms with E-state index in [1.807, 2.05) is 0 Å². The number of benzene rings is 1. The van der Waals surface area contributed by atoms with Crippen LogP contribution in [-0.2, 0) is 0 Å². The van der Waals surface area contributed by atoms with Crippen molar-refractivity contribution in [2.45, 2.75) is 12.5 Å². The van der Waals surface area contributed by atoms with Gasteiger partial charge in [-0.1, -0.05) is 0 Å². The monoisotopic (exact) mass is 208 g/mol. The summed E-state index contributed by atoms with van der Waals surface area (Å²) >= 11 is 0. The van der Waals surface area contributed by atoms with Gasteiger partial charge in [0.1, 0.15) is 5.75 Å². The van der Waals surface area contributed by atoms with Crippen LogP contribution >= 0.6 is 0 Å². The fraction of sp³-hybridized carbons (Fsp3) is 0.222. The summed E-state index contributed by atoms with van der Waals surface area (Å²) < 4.78 is 0. The molecule has 0 radical (unpaired) electrons. The van der Waals surface area contributed by atoms with Gasteiger partial charge < -0.3 is 10.2 Å². The SMILES string of the molecule is N#CCC(O)c1cc([N+](=O)[O-])ccc1O. The van der Waals surface area contributed by atoms with Crippen LogP contribution < -0.4 is 0 Å². The van der Waals surface area contributed by atoms with E-state index >= 15 is 0 Å². The van der Waals surface area contributed by atoms with Gasteiger partial charge in [0.2, 0.25) is 0 Å². The van der Waals surface area contributed by atoms with Crippen molar-refractivity contribution >= 4 is 5.69 Å². The van der Waals surface area contributed by atoms with Crippen LogP contribution in [0.3, 0.4) is 0 Å². The summed E-state index contributed by atoms with van der Waals surface area (Å²) in [5.41, 5.74) is -0.245. The summed E-state index contributed by atoms with van der Waals surface area (Å²) in [6.07, 6.45) is -1.44. The number of aliphatic hydroxyl groups is 1. The number of phenols is 1. The van der Waals surface area contributed by atoms with Crippen molar-refractivity contribution in [2.75, 3.05) is 0 Å². The topological polar surface area (TPSA) is 107 Å². The third kappa shape index (κ3) is 2.42. The summed E-state index contributed by atoms with van der Waals surface area (Å²) in [6, 6.07) is 5.01. The zero-order chi connectivity index (χ0) is 11.4. The average Bonchev–Trinajstić information content (AvgIpc) is 2.18. The van der Waals surface area contributed by atoms with Crippen LogP contribution in [0.15, 0.2) is 18.2 Å². The first kappa shape index (κ1) is 10.9. The van der Waals surface area contributed by atoms with Crippen LogP contribution in [-0.4, -0.2) is 15.1 Å². The minimum absolute atomic E-state index is 0.00856. The standard InChI is InChI=1S/C9H8N2O4/c10-4-3-9(13)7-5-6(11(14)15)1-2-8(7)12/h1-2,5,9,12-13H,3H2. The second-order valence-corrected chi connectivity index (χ2v) is 2.88. The number of hydrogen-bond acceptors (Lipinski definition) is 5. The van der Waals surface area contributed by atoms with E-state index in [2.05, 4.69) is 0 Å². The Morgan fingerprint density at radius 1 is 1.60 bits per heavy atom. The average molecular weight is 208 g/mol. The molecule has 0 saturated carbocycles. The molecule has 0 aliphatic heterocycles. The van der Waals surface area contributed by atoms with Gasteiger partial charge in [-0.15, -0.1) is 0 Å². The van der Waals surface area contributed by atoms with Crippen LogP contribution in [0.25, 0.3) is 0 Å². The van der Waals surface area contributed by atoms with Crippen molar-refractivity contribution in [2.24, 2.45) is 0 Å². The molecule has 0 aliphatic rings. The number of phenolic OH excluding ortho intramolecular Hbond substituents is 1. The fourth-order valence-corrected chi connectivity index (χ4v) is 1.12. The summed E-state index contributed by atoms with van der Waals surface area (Å²) in [6.45, 7) is 0. The van der Waals surface area contributed by atoms with Crippen molar-refractivity contribution in [1.29, 1.82) is 5.26 Å². The lowest BCUT2D eigenvalue weighted by Gasteiger charge is -2.08. The molecule has 6 heteroatoms. The number of nitro groups is 1. The normalized spacial score (nSPS) is 11.7. The number of aromatic hydroxyl groups is 1. The Hall–Kier alpha value is -2.13. The summed E-state index contributed by atoms with van der Waals surface area (Å²) in [7, 11) is 0. The molecule has 0 saturated heterocycles. The maximum Gasteiger partial charge on any atom is 0.270 e.